The molecule has 3 amide bonds. The van der Waals surface area contributed by atoms with Gasteiger partial charge in [0.15, 0.2) is 6.29 Å². The van der Waals surface area contributed by atoms with E-state index in [1.165, 1.54) is 30.6 Å². The molecule has 46 heavy (non-hydrogen) atoms. The molecule has 2 saturated heterocycles. The highest BCUT2D eigenvalue weighted by atomic mass is 32.2. The normalized spacial score (nSPS) is 20.9. The number of rotatable bonds is 15. The molecular weight excluding hydrogens is 616 g/mol. The molecule has 4 rings (SSSR count). The molecule has 0 bridgehead atoms. The van der Waals surface area contributed by atoms with Gasteiger partial charge in [-0.05, 0) is 54.5 Å². The number of carbonyl (C=O) groups is 2. The topological polar surface area (TPSA) is 165 Å². The Balaban J connectivity index is 1.55. The third kappa shape index (κ3) is 9.55. The van der Waals surface area contributed by atoms with Crippen LogP contribution in [0.3, 0.4) is 0 Å². The molecular formula is C32H46N4O9S. The number of hydrogen-bond acceptors (Lipinski definition) is 9. The number of alkyl carbamates (subject to hydrolysis) is 1. The zero-order valence-corrected chi connectivity index (χ0v) is 27.6. The first-order valence-corrected chi connectivity index (χ1v) is 16.9. The summed E-state index contributed by atoms with van der Waals surface area (Å²) in [6.07, 6.45) is -1.53. The third-order valence-electron chi connectivity index (χ3n) is 8.32. The van der Waals surface area contributed by atoms with E-state index < -0.39 is 46.1 Å². The van der Waals surface area contributed by atoms with Crippen LogP contribution in [0.15, 0.2) is 59.5 Å². The monoisotopic (exact) mass is 662 g/mol. The number of methoxy groups -OCH3 is 1. The average molecular weight is 663 g/mol. The van der Waals surface area contributed by atoms with Crippen molar-refractivity contribution in [2.24, 2.45) is 11.3 Å². The number of benzene rings is 2. The van der Waals surface area contributed by atoms with Gasteiger partial charge >= 0.3 is 12.1 Å². The Kier molecular flexibility index (Phi) is 12.3. The van der Waals surface area contributed by atoms with Gasteiger partial charge in [-0.25, -0.2) is 18.0 Å². The van der Waals surface area contributed by atoms with Crippen LogP contribution in [0, 0.1) is 11.3 Å². The summed E-state index contributed by atoms with van der Waals surface area (Å²) in [4.78, 5) is 24.9. The van der Waals surface area contributed by atoms with E-state index in [4.69, 9.17) is 18.9 Å². The van der Waals surface area contributed by atoms with E-state index in [0.29, 0.717) is 31.7 Å². The van der Waals surface area contributed by atoms with E-state index in [0.717, 1.165) is 5.56 Å². The molecule has 14 heteroatoms. The van der Waals surface area contributed by atoms with Crippen molar-refractivity contribution in [3.8, 4) is 5.75 Å². The molecule has 2 fully saturated rings. The molecule has 13 nitrogen and oxygen atoms in total. The van der Waals surface area contributed by atoms with Crippen LogP contribution in [0.4, 0.5) is 9.59 Å². The van der Waals surface area contributed by atoms with Gasteiger partial charge in [0.05, 0.1) is 43.3 Å². The van der Waals surface area contributed by atoms with E-state index in [1.54, 1.807) is 12.1 Å². The van der Waals surface area contributed by atoms with Crippen LogP contribution in [0.25, 0.3) is 0 Å². The molecule has 2 aromatic rings. The van der Waals surface area contributed by atoms with Crippen LogP contribution in [-0.2, 0) is 30.7 Å². The minimum absolute atomic E-state index is 0.0266. The van der Waals surface area contributed by atoms with E-state index in [9.17, 15) is 23.1 Å². The van der Waals surface area contributed by atoms with E-state index in [2.05, 4.69) is 16.0 Å². The summed E-state index contributed by atoms with van der Waals surface area (Å²) >= 11 is 0. The number of fused-ring (bicyclic) bond motifs is 1. The summed E-state index contributed by atoms with van der Waals surface area (Å²) in [5, 5.41) is 19.7. The standard InChI is InChI=1S/C32H46N4O9S/c1-32(2,15-16-34-30(38)33-3)21-36(46(40,41)24-12-10-23(42-4)11-13-24)19-27(37)26(18-22-8-6-5-7-9-22)35-31(39)45-28-20-44-29-25(28)14-17-43-29/h5-13,25-29,37H,14-21H2,1-4H3,(H,35,39)(H2,33,34,38)/t25-,26-,27-,28-,29+/m0/s1. The number of sulfonamides is 1. The molecule has 0 aliphatic carbocycles. The lowest BCUT2D eigenvalue weighted by molar-refractivity contribution is -0.0907. The van der Waals surface area contributed by atoms with Gasteiger partial charge in [0.25, 0.3) is 0 Å². The molecule has 2 aromatic carbocycles. The zero-order valence-electron chi connectivity index (χ0n) is 26.8. The maximum atomic E-state index is 14.1. The number of ether oxygens (including phenoxy) is 4. The first kappa shape index (κ1) is 35.4. The summed E-state index contributed by atoms with van der Waals surface area (Å²) in [6, 6.07) is 14.1. The second-order valence-corrected chi connectivity index (χ2v) is 14.3. The first-order valence-electron chi connectivity index (χ1n) is 15.4. The number of aliphatic hydroxyl groups is 1. The number of urea groups is 1. The van der Waals surface area contributed by atoms with E-state index in [-0.39, 0.29) is 43.0 Å². The molecule has 2 aliphatic rings. The van der Waals surface area contributed by atoms with Crippen LogP contribution in [-0.4, -0.2) is 101 Å². The summed E-state index contributed by atoms with van der Waals surface area (Å²) in [6.45, 7) is 4.55. The van der Waals surface area contributed by atoms with Gasteiger partial charge in [-0.2, -0.15) is 4.31 Å². The van der Waals surface area contributed by atoms with Crippen molar-refractivity contribution in [3.63, 3.8) is 0 Å². The summed E-state index contributed by atoms with van der Waals surface area (Å²) in [7, 11) is -1.11. The van der Waals surface area contributed by atoms with Crippen LogP contribution in [0.5, 0.6) is 5.75 Å². The zero-order chi connectivity index (χ0) is 33.3. The Morgan fingerprint density at radius 3 is 2.50 bits per heavy atom. The van der Waals surface area contributed by atoms with Gasteiger partial charge in [0, 0.05) is 26.7 Å². The Morgan fingerprint density at radius 2 is 1.83 bits per heavy atom. The molecule has 2 heterocycles. The maximum absolute atomic E-state index is 14.1. The van der Waals surface area contributed by atoms with Gasteiger partial charge < -0.3 is 40.0 Å². The molecule has 0 unspecified atom stereocenters. The fourth-order valence-electron chi connectivity index (χ4n) is 5.66. The third-order valence-corrected chi connectivity index (χ3v) is 10.1. The second kappa shape index (κ2) is 15.9. The fourth-order valence-corrected chi connectivity index (χ4v) is 7.31. The van der Waals surface area contributed by atoms with Crippen LogP contribution < -0.4 is 20.7 Å². The van der Waals surface area contributed by atoms with Crippen LogP contribution in [0.1, 0.15) is 32.3 Å². The molecule has 4 N–H and O–H groups in total. The Hall–Kier alpha value is -3.43. The number of nitrogens with one attached hydrogen (secondary N) is 3. The second-order valence-electron chi connectivity index (χ2n) is 12.4. The van der Waals surface area contributed by atoms with Crippen molar-refractivity contribution in [1.29, 1.82) is 0 Å². The van der Waals surface area contributed by atoms with Crippen LogP contribution >= 0.6 is 0 Å². The van der Waals surface area contributed by atoms with Crippen molar-refractivity contribution >= 4 is 22.1 Å². The SMILES string of the molecule is CNC(=O)NCCC(C)(C)CN(C[C@H](O)[C@H](Cc1ccccc1)NC(=O)O[C@H]1CO[C@H]2OCC[C@H]21)S(=O)(=O)c1ccc(OC)cc1. The van der Waals surface area contributed by atoms with Gasteiger partial charge in [-0.3, -0.25) is 0 Å². The van der Waals surface area contributed by atoms with E-state index >= 15 is 0 Å². The molecule has 0 aromatic heterocycles. The lowest BCUT2D eigenvalue weighted by Crippen LogP contribution is -2.52. The number of amides is 3. The van der Waals surface area contributed by atoms with Crippen molar-refractivity contribution in [3.05, 3.63) is 60.2 Å². The predicted molar refractivity (Wildman–Crippen MR) is 170 cm³/mol. The van der Waals surface area contributed by atoms with Gasteiger partial charge in [0.2, 0.25) is 10.0 Å². The predicted octanol–water partition coefficient (Wildman–Crippen LogP) is 2.49. The largest absolute Gasteiger partial charge is 0.497 e. The summed E-state index contributed by atoms with van der Waals surface area (Å²) in [5.41, 5.74) is 0.231. The maximum Gasteiger partial charge on any atom is 0.407 e. The first-order chi connectivity index (χ1) is 21.9. The Labute approximate surface area is 271 Å². The van der Waals surface area contributed by atoms with Crippen molar-refractivity contribution in [2.75, 3.05) is 47.0 Å². The lowest BCUT2D eigenvalue weighted by Gasteiger charge is -2.35. The number of aliphatic hydroxyl groups excluding tert-OH is 1. The minimum atomic E-state index is -4.12. The molecule has 5 atom stereocenters. The average Bonchev–Trinajstić information content (AvgIpc) is 3.66. The van der Waals surface area contributed by atoms with Crippen molar-refractivity contribution in [2.45, 2.75) is 62.5 Å². The van der Waals surface area contributed by atoms with Crippen molar-refractivity contribution in [1.82, 2.24) is 20.3 Å². The molecule has 0 radical (unpaired) electrons. The summed E-state index contributed by atoms with van der Waals surface area (Å²) < 4.78 is 51.4. The van der Waals surface area contributed by atoms with Gasteiger partial charge in [-0.1, -0.05) is 44.2 Å². The van der Waals surface area contributed by atoms with Gasteiger partial charge in [-0.15, -0.1) is 0 Å². The number of carbonyl (C=O) groups excluding carboxylic acids is 2. The highest BCUT2D eigenvalue weighted by Crippen LogP contribution is 2.33. The molecule has 2 aliphatic heterocycles. The van der Waals surface area contributed by atoms with Crippen molar-refractivity contribution < 1.29 is 42.1 Å². The van der Waals surface area contributed by atoms with Gasteiger partial charge in [0.1, 0.15) is 11.9 Å². The fraction of sp³-hybridized carbons (Fsp3) is 0.562. The highest BCUT2D eigenvalue weighted by molar-refractivity contribution is 7.89. The lowest BCUT2D eigenvalue weighted by atomic mass is 9.89. The van der Waals surface area contributed by atoms with Crippen LogP contribution in [0.2, 0.25) is 0 Å². The highest BCUT2D eigenvalue weighted by Gasteiger charge is 2.44. The number of hydrogen-bond donors (Lipinski definition) is 4. The smallest absolute Gasteiger partial charge is 0.407 e. The summed E-state index contributed by atoms with van der Waals surface area (Å²) in [5.74, 6) is 0.438. The Bertz CT molecular complexity index is 1390. The minimum Gasteiger partial charge on any atom is -0.497 e. The quantitative estimate of drug-likeness (QED) is 0.224. The van der Waals surface area contributed by atoms with E-state index in [1.807, 2.05) is 44.2 Å². The molecule has 254 valence electrons. The molecule has 0 saturated carbocycles. The Morgan fingerprint density at radius 1 is 1.11 bits per heavy atom. The molecule has 0 spiro atoms. The number of nitrogens with zero attached hydrogens (tertiary/aromatic N) is 1.